The molecule has 0 aromatic carbocycles. The Morgan fingerprint density at radius 1 is 0.588 bits per heavy atom. The fourth-order valence-electron chi connectivity index (χ4n) is 3.09. The van der Waals surface area contributed by atoms with Gasteiger partial charge in [0.05, 0.1) is 0 Å². The third-order valence-electron chi connectivity index (χ3n) is 4.94. The molecule has 0 aromatic heterocycles. The molecule has 0 saturated carbocycles. The van der Waals surface area contributed by atoms with E-state index in [0.29, 0.717) is 9.80 Å². The summed E-state index contributed by atoms with van der Waals surface area (Å²) in [6.45, 7) is 0.693. The number of rotatable bonds is 10. The van der Waals surface area contributed by atoms with Crippen molar-refractivity contribution in [1.29, 1.82) is 0 Å². The molecule has 0 bridgehead atoms. The lowest BCUT2D eigenvalue weighted by molar-refractivity contribution is -0.279. The lowest BCUT2D eigenvalue weighted by Gasteiger charge is -2.27. The highest BCUT2D eigenvalue weighted by molar-refractivity contribution is 5.80. The summed E-state index contributed by atoms with van der Waals surface area (Å²) >= 11 is 0. The average molecular weight is 528 g/mol. The zero-order chi connectivity index (χ0) is 27.3. The fraction of sp³-hybridized carbons (Fsp3) is 0.889. The molecule has 0 saturated heterocycles. The number of nitrogens with zero attached hydrogens (tertiary/aromatic N) is 2. The van der Waals surface area contributed by atoms with Gasteiger partial charge < -0.3 is 9.80 Å². The molecular formula is C18H24F12N2O2. The minimum absolute atomic E-state index is 0.00909. The molecule has 0 unspecified atom stereocenters. The normalized spacial score (nSPS) is 13.7. The lowest BCUT2D eigenvalue weighted by Crippen LogP contribution is -2.48. The Hall–Kier alpha value is -1.90. The van der Waals surface area contributed by atoms with E-state index in [1.165, 1.54) is 0 Å². The third kappa shape index (κ3) is 10.2. The lowest BCUT2D eigenvalue weighted by atomic mass is 9.99. The van der Waals surface area contributed by atoms with Gasteiger partial charge in [0, 0.05) is 27.2 Å². The van der Waals surface area contributed by atoms with Gasteiger partial charge in [0.2, 0.25) is 23.7 Å². The molecule has 0 fully saturated rings. The van der Waals surface area contributed by atoms with E-state index >= 15 is 0 Å². The summed E-state index contributed by atoms with van der Waals surface area (Å²) < 4.78 is 151. The second-order valence-corrected chi connectivity index (χ2v) is 7.94. The Morgan fingerprint density at radius 3 is 1.03 bits per heavy atom. The van der Waals surface area contributed by atoms with Crippen molar-refractivity contribution in [3.05, 3.63) is 0 Å². The molecule has 0 radical (unpaired) electrons. The van der Waals surface area contributed by atoms with Crippen LogP contribution in [0, 0.1) is 17.8 Å². The van der Waals surface area contributed by atoms with Crippen LogP contribution >= 0.6 is 0 Å². The van der Waals surface area contributed by atoms with E-state index in [1.54, 1.807) is 6.92 Å². The maximum atomic E-state index is 12.6. The number of halogens is 12. The molecule has 0 spiro atoms. The first-order valence-electron chi connectivity index (χ1n) is 9.78. The number of carbonyl (C=O) groups is 2. The van der Waals surface area contributed by atoms with Crippen LogP contribution in [0.5, 0.6) is 0 Å². The van der Waals surface area contributed by atoms with Crippen LogP contribution in [0.4, 0.5) is 52.7 Å². The van der Waals surface area contributed by atoms with Crippen molar-refractivity contribution in [2.24, 2.45) is 17.8 Å². The van der Waals surface area contributed by atoms with Crippen LogP contribution in [-0.4, -0.2) is 73.5 Å². The van der Waals surface area contributed by atoms with Gasteiger partial charge in [0.15, 0.2) is 0 Å². The molecule has 0 atom stereocenters. The molecule has 0 aliphatic carbocycles. The molecule has 2 amide bonds. The molecule has 4 nitrogen and oxygen atoms in total. The van der Waals surface area contributed by atoms with Crippen molar-refractivity contribution in [3.63, 3.8) is 0 Å². The van der Waals surface area contributed by atoms with Gasteiger partial charge in [-0.3, -0.25) is 9.59 Å². The summed E-state index contributed by atoms with van der Waals surface area (Å²) in [5.74, 6) is -13.0. The Kier molecular flexibility index (Phi) is 11.0. The molecule has 202 valence electrons. The van der Waals surface area contributed by atoms with Crippen molar-refractivity contribution in [1.82, 2.24) is 9.80 Å². The molecule has 0 N–H and O–H groups in total. The van der Waals surface area contributed by atoms with E-state index in [2.05, 4.69) is 0 Å². The molecule has 0 rings (SSSR count). The van der Waals surface area contributed by atoms with Gasteiger partial charge in [0.25, 0.3) is 0 Å². The maximum Gasteiger partial charge on any atom is 0.409 e. The Labute approximate surface area is 187 Å². The first-order valence-corrected chi connectivity index (χ1v) is 9.78. The van der Waals surface area contributed by atoms with Crippen LogP contribution in [-0.2, 0) is 9.59 Å². The highest BCUT2D eigenvalue weighted by Gasteiger charge is 2.62. The van der Waals surface area contributed by atoms with E-state index in [4.69, 9.17) is 0 Å². The maximum absolute atomic E-state index is 12.6. The first-order chi connectivity index (χ1) is 15.0. The van der Waals surface area contributed by atoms with Crippen molar-refractivity contribution in [2.75, 3.05) is 27.2 Å². The van der Waals surface area contributed by atoms with Gasteiger partial charge in [-0.1, -0.05) is 6.92 Å². The second-order valence-electron chi connectivity index (χ2n) is 7.94. The minimum atomic E-state index is -5.82. The summed E-state index contributed by atoms with van der Waals surface area (Å²) in [6, 6.07) is 0. The predicted octanol–water partition coefficient (Wildman–Crippen LogP) is 5.58. The van der Waals surface area contributed by atoms with E-state index in [0.717, 1.165) is 14.1 Å². The summed E-state index contributed by atoms with van der Waals surface area (Å²) in [6.07, 6.45) is -22.9. The van der Waals surface area contributed by atoms with E-state index in [9.17, 15) is 62.3 Å². The average Bonchev–Trinajstić information content (AvgIpc) is 2.56. The zero-order valence-electron chi connectivity index (χ0n) is 18.2. The number of carbonyl (C=O) groups excluding carboxylic acids is 2. The standard InChI is InChI=1S/C18H24F12N2O2/c1-10(6-4-8-31(2)13(33)11(15(19,20)21)16(22,23)24)7-5-9-32(3)14(34)12(17(25,26)27)18(28,29)30/h10-12H,4-9H2,1-3H3. The molecular weight excluding hydrogens is 504 g/mol. The van der Waals surface area contributed by atoms with Gasteiger partial charge in [-0.05, 0) is 31.6 Å². The van der Waals surface area contributed by atoms with Crippen LogP contribution in [0.3, 0.4) is 0 Å². The zero-order valence-corrected chi connectivity index (χ0v) is 18.2. The second kappa shape index (κ2) is 11.7. The summed E-state index contributed by atoms with van der Waals surface area (Å²) in [7, 11) is 1.55. The predicted molar refractivity (Wildman–Crippen MR) is 94.1 cm³/mol. The van der Waals surface area contributed by atoms with Gasteiger partial charge >= 0.3 is 24.7 Å². The van der Waals surface area contributed by atoms with Gasteiger partial charge in [-0.25, -0.2) is 0 Å². The number of amides is 2. The number of alkyl halides is 12. The monoisotopic (exact) mass is 528 g/mol. The Balaban J connectivity index is 4.65. The van der Waals surface area contributed by atoms with Gasteiger partial charge in [-0.2, -0.15) is 52.7 Å². The Bertz CT molecular complexity index is 586. The van der Waals surface area contributed by atoms with E-state index in [-0.39, 0.29) is 31.6 Å². The number of hydrogen-bond acceptors (Lipinski definition) is 2. The first kappa shape index (κ1) is 32.1. The molecule has 16 heteroatoms. The molecule has 0 aromatic rings. The van der Waals surface area contributed by atoms with Crippen molar-refractivity contribution < 1.29 is 62.3 Å². The minimum Gasteiger partial charge on any atom is -0.345 e. The molecule has 0 heterocycles. The SMILES string of the molecule is CC(CCCN(C)C(=O)C(C(F)(F)F)C(F)(F)F)CCCN(C)C(=O)C(C(F)(F)F)C(F)(F)F. The van der Waals surface area contributed by atoms with Crippen LogP contribution in [0.1, 0.15) is 32.6 Å². The quantitative estimate of drug-likeness (QED) is 0.348. The van der Waals surface area contributed by atoms with Crippen molar-refractivity contribution in [3.8, 4) is 0 Å². The molecule has 0 aliphatic heterocycles. The van der Waals surface area contributed by atoms with Crippen LogP contribution in [0.15, 0.2) is 0 Å². The van der Waals surface area contributed by atoms with Crippen LogP contribution in [0.2, 0.25) is 0 Å². The van der Waals surface area contributed by atoms with Crippen molar-refractivity contribution in [2.45, 2.75) is 57.3 Å². The molecule has 34 heavy (non-hydrogen) atoms. The summed E-state index contributed by atoms with van der Waals surface area (Å²) in [5.41, 5.74) is 0. The fourth-order valence-corrected chi connectivity index (χ4v) is 3.09. The molecule has 0 aliphatic rings. The van der Waals surface area contributed by atoms with Crippen molar-refractivity contribution >= 4 is 11.8 Å². The Morgan fingerprint density at radius 2 is 0.824 bits per heavy atom. The van der Waals surface area contributed by atoms with E-state index < -0.39 is 61.4 Å². The van der Waals surface area contributed by atoms with Gasteiger partial charge in [-0.15, -0.1) is 0 Å². The number of hydrogen-bond donors (Lipinski definition) is 0. The third-order valence-corrected chi connectivity index (χ3v) is 4.94. The van der Waals surface area contributed by atoms with Gasteiger partial charge in [0.1, 0.15) is 0 Å². The largest absolute Gasteiger partial charge is 0.409 e. The summed E-state index contributed by atoms with van der Waals surface area (Å²) in [5, 5.41) is 0. The topological polar surface area (TPSA) is 40.6 Å². The van der Waals surface area contributed by atoms with Crippen LogP contribution in [0.25, 0.3) is 0 Å². The van der Waals surface area contributed by atoms with E-state index in [1.807, 2.05) is 0 Å². The smallest absolute Gasteiger partial charge is 0.345 e. The highest BCUT2D eigenvalue weighted by atomic mass is 19.4. The summed E-state index contributed by atoms with van der Waals surface area (Å²) in [4.78, 5) is 23.8. The highest BCUT2D eigenvalue weighted by Crippen LogP contribution is 2.41. The van der Waals surface area contributed by atoms with Crippen LogP contribution < -0.4 is 0 Å².